The molecule has 1 atom stereocenters. The molecule has 0 aliphatic rings. The number of benzene rings is 3. The minimum absolute atomic E-state index is 0.360. The molecule has 3 aromatic heterocycles. The number of fused-ring (bicyclic) bond motifs is 2. The minimum Gasteiger partial charge on any atom is -0.444 e. The lowest BCUT2D eigenvalue weighted by molar-refractivity contribution is -0.127. The third kappa shape index (κ3) is 8.02. The molecule has 0 aliphatic heterocycles. The molecule has 3 aromatic carbocycles. The topological polar surface area (TPSA) is 130 Å². The van der Waals surface area contributed by atoms with Gasteiger partial charge in [0.05, 0.1) is 6.04 Å². The van der Waals surface area contributed by atoms with Gasteiger partial charge in [0.15, 0.2) is 5.82 Å². The van der Waals surface area contributed by atoms with Gasteiger partial charge in [-0.15, -0.1) is 10.2 Å². The maximum atomic E-state index is 14.0. The van der Waals surface area contributed by atoms with E-state index in [0.29, 0.717) is 25.2 Å². The van der Waals surface area contributed by atoms with Crippen LogP contribution in [0.3, 0.4) is 0 Å². The molecule has 10 nitrogen and oxygen atoms in total. The van der Waals surface area contributed by atoms with E-state index in [1.807, 2.05) is 48.7 Å². The number of rotatable bonds is 12. The van der Waals surface area contributed by atoms with Gasteiger partial charge in [0, 0.05) is 53.6 Å². The van der Waals surface area contributed by atoms with Crippen LogP contribution >= 0.6 is 0 Å². The number of nitrogens with zero attached hydrogens (tertiary/aromatic N) is 3. The fourth-order valence-electron chi connectivity index (χ4n) is 6.19. The Labute approximate surface area is 286 Å². The van der Waals surface area contributed by atoms with Crippen molar-refractivity contribution in [3.63, 3.8) is 0 Å². The van der Waals surface area contributed by atoms with E-state index in [1.165, 1.54) is 16.5 Å². The van der Waals surface area contributed by atoms with Gasteiger partial charge in [0.1, 0.15) is 17.0 Å². The van der Waals surface area contributed by atoms with Crippen molar-refractivity contribution in [3.05, 3.63) is 120 Å². The molecule has 0 fully saturated rings. The van der Waals surface area contributed by atoms with Crippen LogP contribution in [0.2, 0.25) is 0 Å². The molecule has 2 amide bonds. The second kappa shape index (κ2) is 14.0. The van der Waals surface area contributed by atoms with Crippen LogP contribution in [0.15, 0.2) is 91.3 Å². The number of nitrogens with one attached hydrogen (secondary N) is 4. The second-order valence-electron chi connectivity index (χ2n) is 14.1. The Morgan fingerprint density at radius 2 is 1.39 bits per heavy atom. The Morgan fingerprint density at radius 3 is 2.06 bits per heavy atom. The zero-order chi connectivity index (χ0) is 34.6. The molecule has 254 valence electrons. The van der Waals surface area contributed by atoms with Crippen molar-refractivity contribution in [2.75, 3.05) is 0 Å². The van der Waals surface area contributed by atoms with E-state index in [1.54, 1.807) is 34.6 Å². The first-order valence-corrected chi connectivity index (χ1v) is 16.8. The van der Waals surface area contributed by atoms with Crippen molar-refractivity contribution in [2.45, 2.75) is 84.0 Å². The molecule has 0 bridgehead atoms. The predicted molar refractivity (Wildman–Crippen MR) is 192 cm³/mol. The lowest BCUT2D eigenvalue weighted by atomic mass is 10.0. The van der Waals surface area contributed by atoms with Crippen LogP contribution in [0.4, 0.5) is 4.79 Å². The van der Waals surface area contributed by atoms with E-state index in [0.717, 1.165) is 40.6 Å². The molecule has 0 saturated heterocycles. The van der Waals surface area contributed by atoms with E-state index in [9.17, 15) is 9.59 Å². The van der Waals surface area contributed by atoms with Crippen LogP contribution in [0, 0.1) is 0 Å². The Hall–Kier alpha value is -5.38. The Balaban J connectivity index is 1.34. The van der Waals surface area contributed by atoms with Crippen LogP contribution in [-0.4, -0.2) is 47.9 Å². The summed E-state index contributed by atoms with van der Waals surface area (Å²) in [6.45, 7) is 9.33. The standard InChI is InChI=1S/C39H45N7O3/c1-38(2,3)49-37(48)43-39(4,5)36(47)42-33(23-28-25-41-32-18-12-10-16-30(28)32)35-45-44-34(46(35)22-21-26-13-7-6-8-14-26)20-19-27-24-40-31-17-11-9-15-29(27)31/h6-18,24-25,33,40-41H,19-23H2,1-5H3,(H,42,47)(H,43,48)/t33-/m1/s1. The lowest BCUT2D eigenvalue weighted by Crippen LogP contribution is -2.56. The number of carbonyl (C=O) groups excluding carboxylic acids is 2. The number of aromatic amines is 2. The molecule has 6 rings (SSSR count). The van der Waals surface area contributed by atoms with Gasteiger partial charge >= 0.3 is 6.09 Å². The molecule has 3 heterocycles. The highest BCUT2D eigenvalue weighted by Gasteiger charge is 2.35. The van der Waals surface area contributed by atoms with E-state index < -0.39 is 23.3 Å². The van der Waals surface area contributed by atoms with Gasteiger partial charge in [-0.05, 0) is 76.3 Å². The van der Waals surface area contributed by atoms with Gasteiger partial charge < -0.3 is 29.9 Å². The zero-order valence-corrected chi connectivity index (χ0v) is 28.8. The summed E-state index contributed by atoms with van der Waals surface area (Å²) in [6, 6.07) is 26.2. The third-order valence-electron chi connectivity index (χ3n) is 8.71. The van der Waals surface area contributed by atoms with E-state index in [-0.39, 0.29) is 5.91 Å². The molecule has 0 aliphatic carbocycles. The van der Waals surface area contributed by atoms with E-state index in [2.05, 4.69) is 67.8 Å². The molecule has 6 aromatic rings. The first-order chi connectivity index (χ1) is 23.5. The Bertz CT molecular complexity index is 2050. The number of ether oxygens (including phenoxy) is 1. The van der Waals surface area contributed by atoms with Gasteiger partial charge in [-0.1, -0.05) is 66.7 Å². The van der Waals surface area contributed by atoms with Crippen LogP contribution in [-0.2, 0) is 41.8 Å². The molecule has 10 heteroatoms. The largest absolute Gasteiger partial charge is 0.444 e. The number of para-hydroxylation sites is 2. The van der Waals surface area contributed by atoms with Crippen molar-refractivity contribution in [3.8, 4) is 0 Å². The van der Waals surface area contributed by atoms with Crippen molar-refractivity contribution in [1.82, 2.24) is 35.4 Å². The Morgan fingerprint density at radius 1 is 0.776 bits per heavy atom. The van der Waals surface area contributed by atoms with Gasteiger partial charge in [-0.2, -0.15) is 0 Å². The molecule has 4 N–H and O–H groups in total. The SMILES string of the molecule is CC(C)(C)OC(=O)NC(C)(C)C(=O)N[C@H](Cc1c[nH]c2ccccc12)c1nnc(CCc2c[nH]c3ccccc23)n1CCc1ccccc1. The number of hydrogen-bond donors (Lipinski definition) is 4. The maximum absolute atomic E-state index is 14.0. The monoisotopic (exact) mass is 659 g/mol. The summed E-state index contributed by atoms with van der Waals surface area (Å²) in [4.78, 5) is 33.5. The number of aromatic nitrogens is 5. The van der Waals surface area contributed by atoms with Gasteiger partial charge in [0.2, 0.25) is 5.91 Å². The summed E-state index contributed by atoms with van der Waals surface area (Å²) in [5.41, 5.74) is 3.60. The number of hydrogen-bond acceptors (Lipinski definition) is 5. The zero-order valence-electron chi connectivity index (χ0n) is 28.8. The quantitative estimate of drug-likeness (QED) is 0.113. The average molecular weight is 660 g/mol. The van der Waals surface area contributed by atoms with Crippen molar-refractivity contribution < 1.29 is 14.3 Å². The minimum atomic E-state index is -1.27. The highest BCUT2D eigenvalue weighted by atomic mass is 16.6. The van der Waals surface area contributed by atoms with Gasteiger partial charge in [-0.3, -0.25) is 4.79 Å². The van der Waals surface area contributed by atoms with Crippen molar-refractivity contribution >= 4 is 33.8 Å². The van der Waals surface area contributed by atoms with Crippen LogP contribution in [0.1, 0.15) is 69.0 Å². The molecular formula is C39H45N7O3. The first-order valence-electron chi connectivity index (χ1n) is 16.8. The summed E-state index contributed by atoms with van der Waals surface area (Å²) in [5, 5.41) is 17.8. The lowest BCUT2D eigenvalue weighted by Gasteiger charge is -2.29. The summed E-state index contributed by atoms with van der Waals surface area (Å²) in [6.07, 6.45) is 6.07. The summed E-state index contributed by atoms with van der Waals surface area (Å²) in [7, 11) is 0. The number of alkyl carbamates (subject to hydrolysis) is 1. The number of amides is 2. The van der Waals surface area contributed by atoms with Crippen LogP contribution < -0.4 is 10.6 Å². The Kier molecular flexibility index (Phi) is 9.58. The fraction of sp³-hybridized carbons (Fsp3) is 0.333. The van der Waals surface area contributed by atoms with Gasteiger partial charge in [0.25, 0.3) is 0 Å². The van der Waals surface area contributed by atoms with Crippen molar-refractivity contribution in [1.29, 1.82) is 0 Å². The van der Waals surface area contributed by atoms with Crippen LogP contribution in [0.5, 0.6) is 0 Å². The summed E-state index contributed by atoms with van der Waals surface area (Å²) >= 11 is 0. The summed E-state index contributed by atoms with van der Waals surface area (Å²) in [5.74, 6) is 1.15. The van der Waals surface area contributed by atoms with Crippen molar-refractivity contribution in [2.24, 2.45) is 0 Å². The second-order valence-corrected chi connectivity index (χ2v) is 14.1. The third-order valence-corrected chi connectivity index (χ3v) is 8.71. The maximum Gasteiger partial charge on any atom is 0.408 e. The number of aryl methyl sites for hydroxylation is 3. The van der Waals surface area contributed by atoms with Gasteiger partial charge in [-0.25, -0.2) is 4.79 Å². The summed E-state index contributed by atoms with van der Waals surface area (Å²) < 4.78 is 7.63. The number of carbonyl (C=O) groups is 2. The molecule has 49 heavy (non-hydrogen) atoms. The van der Waals surface area contributed by atoms with E-state index in [4.69, 9.17) is 14.9 Å². The highest BCUT2D eigenvalue weighted by molar-refractivity contribution is 5.89. The first kappa shape index (κ1) is 33.5. The smallest absolute Gasteiger partial charge is 0.408 e. The molecule has 0 saturated carbocycles. The van der Waals surface area contributed by atoms with E-state index >= 15 is 0 Å². The highest BCUT2D eigenvalue weighted by Crippen LogP contribution is 2.27. The average Bonchev–Trinajstić information content (AvgIpc) is 3.78. The van der Waals surface area contributed by atoms with Crippen LogP contribution in [0.25, 0.3) is 21.8 Å². The molecule has 0 radical (unpaired) electrons. The number of H-pyrrole nitrogens is 2. The molecule has 0 spiro atoms. The fourth-order valence-corrected chi connectivity index (χ4v) is 6.19. The molecule has 0 unspecified atom stereocenters. The normalized spacial score (nSPS) is 12.7. The predicted octanol–water partition coefficient (Wildman–Crippen LogP) is 6.97. The molecular weight excluding hydrogens is 614 g/mol.